The van der Waals surface area contributed by atoms with Crippen LogP contribution in [0.25, 0.3) is 0 Å². The molecular weight excluding hydrogens is 476 g/mol. The van der Waals surface area contributed by atoms with Crippen molar-refractivity contribution in [2.45, 2.75) is 88.7 Å². The van der Waals surface area contributed by atoms with Gasteiger partial charge in [0, 0.05) is 31.6 Å². The van der Waals surface area contributed by atoms with Gasteiger partial charge in [0.15, 0.2) is 5.78 Å². The molecule has 3 unspecified atom stereocenters. The van der Waals surface area contributed by atoms with Crippen molar-refractivity contribution >= 4 is 33.7 Å². The van der Waals surface area contributed by atoms with Gasteiger partial charge >= 0.3 is 11.9 Å². The van der Waals surface area contributed by atoms with Crippen LogP contribution in [0.3, 0.4) is 0 Å². The maximum atomic E-state index is 13.0. The average Bonchev–Trinajstić information content (AvgIpc) is 3.14. The van der Waals surface area contributed by atoms with Crippen molar-refractivity contribution in [2.75, 3.05) is 13.2 Å². The van der Waals surface area contributed by atoms with E-state index in [1.165, 1.54) is 13.8 Å². The van der Waals surface area contributed by atoms with Gasteiger partial charge in [0.1, 0.15) is 12.7 Å². The molecule has 5 rings (SSSR count). The van der Waals surface area contributed by atoms with Crippen LogP contribution in [0, 0.1) is 34.5 Å². The largest absolute Gasteiger partial charge is 0.463 e. The number of ketones is 1. The van der Waals surface area contributed by atoms with Gasteiger partial charge in [-0.05, 0) is 68.1 Å². The van der Waals surface area contributed by atoms with Gasteiger partial charge in [-0.2, -0.15) is 0 Å². The van der Waals surface area contributed by atoms with Crippen molar-refractivity contribution in [3.05, 3.63) is 0 Å². The van der Waals surface area contributed by atoms with Crippen LogP contribution in [-0.2, 0) is 28.6 Å². The molecule has 2 bridgehead atoms. The number of rotatable bonds is 4. The van der Waals surface area contributed by atoms with Crippen molar-refractivity contribution in [3.8, 4) is 0 Å². The normalized spacial score (nSPS) is 48.9. The van der Waals surface area contributed by atoms with E-state index in [0.29, 0.717) is 17.8 Å². The fourth-order valence-electron chi connectivity index (χ4n) is 8.83. The van der Waals surface area contributed by atoms with E-state index in [2.05, 4.69) is 22.9 Å². The predicted octanol–water partition coefficient (Wildman–Crippen LogP) is 4.22. The number of alkyl halides is 1. The molecule has 1 saturated heterocycles. The SMILES string of the molecule is CC(=O)OCC(=O)[C@H]1CCC2C3C[C@H]4OC[C@@]5(CC[C@H](OC(C)=O)C[C@]45Br)C3CC[C@@]21C. The Hall–Kier alpha value is -0.950. The third-order valence-electron chi connectivity index (χ3n) is 10.1. The van der Waals surface area contributed by atoms with Crippen LogP contribution in [0.15, 0.2) is 0 Å². The molecule has 0 aromatic carbocycles. The smallest absolute Gasteiger partial charge is 0.303 e. The lowest BCUT2D eigenvalue weighted by Crippen LogP contribution is -2.63. The standard InChI is InChI=1S/C25H35BrO6/c1-14(27)30-12-21(29)20-5-4-18-17-10-22-25(26)11-16(32-15(2)28)6-9-24(25,13-31-22)19(17)7-8-23(18,20)3/h16-20,22H,4-13H2,1-3H3/t16-,17?,18?,19?,20+,22+,23-,24-,25-/m0/s1. The highest BCUT2D eigenvalue weighted by Crippen LogP contribution is 2.73. The molecule has 178 valence electrons. The molecule has 4 aliphatic carbocycles. The molecule has 5 fully saturated rings. The summed E-state index contributed by atoms with van der Waals surface area (Å²) in [7, 11) is 0. The van der Waals surface area contributed by atoms with E-state index >= 15 is 0 Å². The minimum Gasteiger partial charge on any atom is -0.463 e. The highest BCUT2D eigenvalue weighted by Gasteiger charge is 2.72. The van der Waals surface area contributed by atoms with Crippen molar-refractivity contribution in [2.24, 2.45) is 34.5 Å². The highest BCUT2D eigenvalue weighted by molar-refractivity contribution is 9.10. The zero-order valence-corrected chi connectivity index (χ0v) is 20.9. The third kappa shape index (κ3) is 3.16. The number of fused-ring (bicyclic) bond motifs is 3. The number of halogens is 1. The van der Waals surface area contributed by atoms with Crippen molar-refractivity contribution in [3.63, 3.8) is 0 Å². The molecule has 5 aliphatic rings. The van der Waals surface area contributed by atoms with E-state index in [1.54, 1.807) is 0 Å². The molecule has 7 heteroatoms. The van der Waals surface area contributed by atoms with Crippen molar-refractivity contribution in [1.29, 1.82) is 0 Å². The zero-order chi connectivity index (χ0) is 22.9. The summed E-state index contributed by atoms with van der Waals surface area (Å²) >= 11 is 4.19. The Morgan fingerprint density at radius 2 is 1.81 bits per heavy atom. The van der Waals surface area contributed by atoms with Crippen LogP contribution in [0.1, 0.15) is 72.1 Å². The molecule has 9 atom stereocenters. The molecule has 0 aromatic heterocycles. The van der Waals surface area contributed by atoms with E-state index in [-0.39, 0.29) is 57.6 Å². The topological polar surface area (TPSA) is 78.9 Å². The summed E-state index contributed by atoms with van der Waals surface area (Å²) in [4.78, 5) is 35.8. The lowest BCUT2D eigenvalue weighted by molar-refractivity contribution is -0.155. The Balaban J connectivity index is 1.38. The number of hydrogen-bond acceptors (Lipinski definition) is 6. The predicted molar refractivity (Wildman–Crippen MR) is 120 cm³/mol. The zero-order valence-electron chi connectivity index (χ0n) is 19.4. The maximum Gasteiger partial charge on any atom is 0.303 e. The van der Waals surface area contributed by atoms with E-state index < -0.39 is 0 Å². The first kappa shape index (κ1) is 22.8. The van der Waals surface area contributed by atoms with Gasteiger partial charge in [-0.3, -0.25) is 14.4 Å². The second-order valence-electron chi connectivity index (χ2n) is 11.3. The molecule has 1 heterocycles. The first-order valence-corrected chi connectivity index (χ1v) is 13.0. The van der Waals surface area contributed by atoms with Gasteiger partial charge in [0.25, 0.3) is 0 Å². The average molecular weight is 511 g/mol. The lowest BCUT2D eigenvalue weighted by atomic mass is 9.44. The Morgan fingerprint density at radius 3 is 2.53 bits per heavy atom. The van der Waals surface area contributed by atoms with E-state index in [9.17, 15) is 14.4 Å². The molecule has 6 nitrogen and oxygen atoms in total. The molecule has 0 spiro atoms. The number of Topliss-reactive ketones (excluding diaryl/α,β-unsaturated/α-hetero) is 1. The first-order valence-electron chi connectivity index (χ1n) is 12.2. The second-order valence-corrected chi connectivity index (χ2v) is 12.7. The van der Waals surface area contributed by atoms with Crippen LogP contribution < -0.4 is 0 Å². The van der Waals surface area contributed by atoms with Gasteiger partial charge in [-0.15, -0.1) is 0 Å². The summed E-state index contributed by atoms with van der Waals surface area (Å²) in [6.07, 6.45) is 7.96. The van der Waals surface area contributed by atoms with Crippen LogP contribution in [0.5, 0.6) is 0 Å². The summed E-state index contributed by atoms with van der Waals surface area (Å²) in [5.41, 5.74) is 0.0636. The number of hydrogen-bond donors (Lipinski definition) is 0. The van der Waals surface area contributed by atoms with Gasteiger partial charge in [0.2, 0.25) is 0 Å². The minimum atomic E-state index is -0.389. The Kier molecular flexibility index (Phi) is 5.56. The monoisotopic (exact) mass is 510 g/mol. The van der Waals surface area contributed by atoms with Gasteiger partial charge in [-0.1, -0.05) is 22.9 Å². The summed E-state index contributed by atoms with van der Waals surface area (Å²) in [6.45, 7) is 5.86. The second kappa shape index (κ2) is 7.79. The Labute approximate surface area is 198 Å². The fourth-order valence-corrected chi connectivity index (χ4v) is 10.1. The minimum absolute atomic E-state index is 0.0146. The Morgan fingerprint density at radius 1 is 1.03 bits per heavy atom. The summed E-state index contributed by atoms with van der Waals surface area (Å²) < 4.78 is 17.0. The molecule has 0 amide bonds. The van der Waals surface area contributed by atoms with Crippen LogP contribution in [-0.4, -0.2) is 47.5 Å². The van der Waals surface area contributed by atoms with Crippen LogP contribution >= 0.6 is 15.9 Å². The van der Waals surface area contributed by atoms with Crippen molar-refractivity contribution in [1.82, 2.24) is 0 Å². The number of carbonyl (C=O) groups is 3. The third-order valence-corrected chi connectivity index (χ3v) is 11.7. The molecule has 1 aliphatic heterocycles. The quantitative estimate of drug-likeness (QED) is 0.416. The number of carbonyl (C=O) groups excluding carboxylic acids is 3. The first-order chi connectivity index (χ1) is 15.1. The molecule has 0 N–H and O–H groups in total. The molecule has 4 saturated carbocycles. The summed E-state index contributed by atoms with van der Waals surface area (Å²) in [6, 6.07) is 0. The summed E-state index contributed by atoms with van der Waals surface area (Å²) in [5.74, 6) is 1.13. The van der Waals surface area contributed by atoms with Crippen molar-refractivity contribution < 1.29 is 28.6 Å². The molecule has 0 radical (unpaired) electrons. The van der Waals surface area contributed by atoms with E-state index in [1.807, 2.05) is 0 Å². The Bertz CT molecular complexity index is 829. The number of esters is 2. The lowest BCUT2D eigenvalue weighted by Gasteiger charge is -2.62. The molecule has 0 aromatic rings. The fraction of sp³-hybridized carbons (Fsp3) is 0.880. The van der Waals surface area contributed by atoms with Gasteiger partial charge in [-0.25, -0.2) is 0 Å². The highest BCUT2D eigenvalue weighted by atomic mass is 79.9. The van der Waals surface area contributed by atoms with Gasteiger partial charge < -0.3 is 14.2 Å². The van der Waals surface area contributed by atoms with E-state index in [0.717, 1.165) is 58.0 Å². The maximum absolute atomic E-state index is 13.0. The van der Waals surface area contributed by atoms with Gasteiger partial charge in [0.05, 0.1) is 17.0 Å². The van der Waals surface area contributed by atoms with E-state index in [4.69, 9.17) is 14.2 Å². The molecular formula is C25H35BrO6. The van der Waals surface area contributed by atoms with Crippen LogP contribution in [0.2, 0.25) is 0 Å². The summed E-state index contributed by atoms with van der Waals surface area (Å²) in [5, 5.41) is 0. The van der Waals surface area contributed by atoms with Crippen LogP contribution in [0.4, 0.5) is 0 Å². The number of ether oxygens (including phenoxy) is 3. The molecule has 32 heavy (non-hydrogen) atoms.